The molecule has 2 aliphatic rings. The van der Waals surface area contributed by atoms with Crippen molar-refractivity contribution in [3.05, 3.63) is 29.3 Å². The minimum Gasteiger partial charge on any atom is -0.497 e. The molecule has 0 radical (unpaired) electrons. The van der Waals surface area contributed by atoms with Crippen LogP contribution >= 0.6 is 0 Å². The first-order valence-corrected chi connectivity index (χ1v) is 14.6. The van der Waals surface area contributed by atoms with Crippen molar-refractivity contribution in [1.29, 1.82) is 0 Å². The molecule has 198 valence electrons. The summed E-state index contributed by atoms with van der Waals surface area (Å²) in [4.78, 5) is 19.5. The predicted molar refractivity (Wildman–Crippen MR) is 144 cm³/mol. The Balaban J connectivity index is 1.45. The Kier molecular flexibility index (Phi) is 11.5. The van der Waals surface area contributed by atoms with Crippen LogP contribution in [0.25, 0.3) is 0 Å². The van der Waals surface area contributed by atoms with E-state index in [0.717, 1.165) is 83.5 Å². The molecule has 1 aromatic carbocycles. The Bertz CT molecular complexity index is 835. The molecule has 1 aromatic rings. The summed E-state index contributed by atoms with van der Waals surface area (Å²) < 4.78 is 19.9. The van der Waals surface area contributed by atoms with E-state index < -0.39 is 11.0 Å². The van der Waals surface area contributed by atoms with Crippen molar-refractivity contribution >= 4 is 16.9 Å². The Morgan fingerprint density at radius 2 is 1.94 bits per heavy atom. The molecule has 0 saturated carbocycles. The highest BCUT2D eigenvalue weighted by atomic mass is 32.2. The molecule has 0 aromatic heterocycles. The van der Waals surface area contributed by atoms with E-state index >= 15 is 0 Å². The van der Waals surface area contributed by atoms with Gasteiger partial charge in [-0.05, 0) is 95.4 Å². The van der Waals surface area contributed by atoms with E-state index in [1.165, 1.54) is 17.5 Å². The van der Waals surface area contributed by atoms with Gasteiger partial charge in [-0.15, -0.1) is 0 Å². The molecule has 1 aliphatic carbocycles. The number of unbranched alkanes of at least 4 members (excludes halogenated alkanes) is 1. The van der Waals surface area contributed by atoms with E-state index in [2.05, 4.69) is 30.0 Å². The fourth-order valence-corrected chi connectivity index (χ4v) is 6.59. The smallest absolute Gasteiger partial charge is 0.237 e. The zero-order valence-corrected chi connectivity index (χ0v) is 23.2. The van der Waals surface area contributed by atoms with E-state index in [1.807, 2.05) is 28.2 Å². The summed E-state index contributed by atoms with van der Waals surface area (Å²) in [5, 5.41) is 0. The van der Waals surface area contributed by atoms with E-state index in [9.17, 15) is 9.00 Å². The summed E-state index contributed by atoms with van der Waals surface area (Å²) in [6, 6.07) is 7.10. The van der Waals surface area contributed by atoms with Crippen molar-refractivity contribution in [1.82, 2.24) is 19.0 Å². The fourth-order valence-electron chi connectivity index (χ4n) is 5.23. The Hall–Kier alpha value is -1.48. The lowest BCUT2D eigenvalue weighted by molar-refractivity contribution is -0.130. The molecule has 1 fully saturated rings. The van der Waals surface area contributed by atoms with Crippen molar-refractivity contribution < 1.29 is 13.7 Å². The van der Waals surface area contributed by atoms with Crippen LogP contribution < -0.4 is 4.74 Å². The predicted octanol–water partition coefficient (Wildman–Crippen LogP) is 2.80. The van der Waals surface area contributed by atoms with Gasteiger partial charge in [-0.25, -0.2) is 8.51 Å². The topological polar surface area (TPSA) is 56.3 Å². The van der Waals surface area contributed by atoms with Gasteiger partial charge in [0.15, 0.2) is 0 Å². The number of amides is 1. The molecular formula is C27H46N4O3S. The standard InChI is InChI=1S/C27H46N4O3S/c1-5-13-29(25-11-9-23-10-12-26(34-4)21-24(23)20-25)14-6-7-15-30-16-8-17-31(22-27(30)32)35(33)19-18-28(2)3/h10,12,21,25H,5-9,11,13-20,22H2,1-4H3. The van der Waals surface area contributed by atoms with Crippen LogP contribution in [-0.4, -0.2) is 108 Å². The average Bonchev–Trinajstić information content (AvgIpc) is 3.04. The number of hydrogen-bond acceptors (Lipinski definition) is 5. The van der Waals surface area contributed by atoms with E-state index in [1.54, 1.807) is 7.11 Å². The quantitative estimate of drug-likeness (QED) is 0.385. The van der Waals surface area contributed by atoms with Crippen LogP contribution in [0, 0.1) is 0 Å². The summed E-state index contributed by atoms with van der Waals surface area (Å²) in [6.07, 6.45) is 7.62. The summed E-state index contributed by atoms with van der Waals surface area (Å²) in [6.45, 7) is 7.85. The van der Waals surface area contributed by atoms with E-state index in [0.29, 0.717) is 11.8 Å². The number of aryl methyl sites for hydroxylation is 1. The van der Waals surface area contributed by atoms with Gasteiger partial charge in [-0.3, -0.25) is 4.79 Å². The van der Waals surface area contributed by atoms with Gasteiger partial charge in [-0.1, -0.05) is 13.0 Å². The minimum atomic E-state index is -1.08. The van der Waals surface area contributed by atoms with Crippen molar-refractivity contribution in [3.63, 3.8) is 0 Å². The third kappa shape index (κ3) is 8.55. The van der Waals surface area contributed by atoms with Gasteiger partial charge < -0.3 is 19.4 Å². The maximum atomic E-state index is 12.8. The first-order valence-electron chi connectivity index (χ1n) is 13.4. The molecule has 0 N–H and O–H groups in total. The van der Waals surface area contributed by atoms with Gasteiger partial charge >= 0.3 is 0 Å². The number of nitrogens with zero attached hydrogens (tertiary/aromatic N) is 4. The van der Waals surface area contributed by atoms with Crippen molar-refractivity contribution in [2.75, 3.05) is 72.8 Å². The molecule has 0 bridgehead atoms. The van der Waals surface area contributed by atoms with Gasteiger partial charge in [0.1, 0.15) is 5.75 Å². The van der Waals surface area contributed by atoms with Gasteiger partial charge in [0.2, 0.25) is 5.91 Å². The maximum Gasteiger partial charge on any atom is 0.237 e. The zero-order valence-electron chi connectivity index (χ0n) is 22.3. The molecule has 35 heavy (non-hydrogen) atoms. The average molecular weight is 507 g/mol. The Labute approximate surface area is 215 Å². The van der Waals surface area contributed by atoms with Crippen molar-refractivity contribution in [3.8, 4) is 5.75 Å². The van der Waals surface area contributed by atoms with Gasteiger partial charge in [0.05, 0.1) is 30.4 Å². The van der Waals surface area contributed by atoms with Crippen LogP contribution in [0.1, 0.15) is 50.2 Å². The number of fused-ring (bicyclic) bond motifs is 1. The molecule has 7 nitrogen and oxygen atoms in total. The van der Waals surface area contributed by atoms with Gasteiger partial charge in [-0.2, -0.15) is 0 Å². The van der Waals surface area contributed by atoms with E-state index in [-0.39, 0.29) is 12.5 Å². The molecular weight excluding hydrogens is 460 g/mol. The molecule has 1 saturated heterocycles. The van der Waals surface area contributed by atoms with Crippen molar-refractivity contribution in [2.45, 2.75) is 57.9 Å². The lowest BCUT2D eigenvalue weighted by atomic mass is 9.87. The number of hydrogen-bond donors (Lipinski definition) is 0. The van der Waals surface area contributed by atoms with Crippen molar-refractivity contribution in [2.24, 2.45) is 0 Å². The highest BCUT2D eigenvalue weighted by Gasteiger charge is 2.26. The van der Waals surface area contributed by atoms with Gasteiger partial charge in [0.25, 0.3) is 0 Å². The van der Waals surface area contributed by atoms with E-state index in [4.69, 9.17) is 4.74 Å². The maximum absolute atomic E-state index is 12.8. The molecule has 1 aliphatic heterocycles. The first kappa shape index (κ1) is 28.1. The Morgan fingerprint density at radius 1 is 1.11 bits per heavy atom. The van der Waals surface area contributed by atoms with Crippen LogP contribution in [-0.2, 0) is 28.6 Å². The number of carbonyl (C=O) groups excluding carboxylic acids is 1. The van der Waals surface area contributed by atoms with Crippen LogP contribution in [0.15, 0.2) is 18.2 Å². The third-order valence-electron chi connectivity index (χ3n) is 7.27. The summed E-state index contributed by atoms with van der Waals surface area (Å²) in [5.74, 6) is 1.67. The minimum absolute atomic E-state index is 0.129. The molecule has 3 rings (SSSR count). The Morgan fingerprint density at radius 3 is 2.69 bits per heavy atom. The number of methoxy groups -OCH3 is 1. The number of rotatable bonds is 13. The molecule has 8 heteroatoms. The van der Waals surface area contributed by atoms with Crippen LogP contribution in [0.5, 0.6) is 5.75 Å². The zero-order chi connectivity index (χ0) is 25.2. The highest BCUT2D eigenvalue weighted by molar-refractivity contribution is 7.82. The van der Waals surface area contributed by atoms with Crippen LogP contribution in [0.3, 0.4) is 0 Å². The number of carbonyl (C=O) groups is 1. The highest BCUT2D eigenvalue weighted by Crippen LogP contribution is 2.28. The second-order valence-corrected chi connectivity index (χ2v) is 11.8. The summed E-state index contributed by atoms with van der Waals surface area (Å²) in [7, 11) is 4.63. The molecule has 2 atom stereocenters. The summed E-state index contributed by atoms with van der Waals surface area (Å²) >= 11 is 0. The molecule has 1 amide bonds. The second-order valence-electron chi connectivity index (χ2n) is 10.2. The van der Waals surface area contributed by atoms with Gasteiger partial charge in [0, 0.05) is 32.2 Å². The SMILES string of the molecule is CCCN(CCCCN1CCCN(S(=O)CCN(C)C)CC1=O)C1CCc2ccc(OC)cc2C1. The monoisotopic (exact) mass is 506 g/mol. The first-order chi connectivity index (χ1) is 16.9. The van der Waals surface area contributed by atoms with Crippen LogP contribution in [0.4, 0.5) is 0 Å². The number of ether oxygens (including phenoxy) is 1. The largest absolute Gasteiger partial charge is 0.497 e. The molecule has 1 heterocycles. The fraction of sp³-hybridized carbons (Fsp3) is 0.741. The lowest BCUT2D eigenvalue weighted by Crippen LogP contribution is -2.41. The lowest BCUT2D eigenvalue weighted by Gasteiger charge is -2.35. The van der Waals surface area contributed by atoms with Crippen LogP contribution in [0.2, 0.25) is 0 Å². The molecule has 2 unspecified atom stereocenters. The molecule has 0 spiro atoms. The normalized spacial score (nSPS) is 20.2. The number of benzene rings is 1. The third-order valence-corrected chi connectivity index (χ3v) is 8.69. The second kappa shape index (κ2) is 14.3. The summed E-state index contributed by atoms with van der Waals surface area (Å²) in [5.41, 5.74) is 2.90.